The lowest BCUT2D eigenvalue weighted by Gasteiger charge is -2.34. The zero-order valence-electron chi connectivity index (χ0n) is 14.5. The molecule has 2 amide bonds. The number of nitrogens with zero attached hydrogens (tertiary/aromatic N) is 4. The number of carbonyl (C=O) groups is 2. The van der Waals surface area contributed by atoms with E-state index in [1.807, 2.05) is 12.1 Å². The molecule has 7 heteroatoms. The number of aromatic nitrogens is 2. The fourth-order valence-electron chi connectivity index (χ4n) is 2.69. The van der Waals surface area contributed by atoms with Gasteiger partial charge in [0.05, 0.1) is 12.7 Å². The van der Waals surface area contributed by atoms with Gasteiger partial charge in [-0.05, 0) is 29.8 Å². The zero-order chi connectivity index (χ0) is 18.4. The van der Waals surface area contributed by atoms with Crippen molar-refractivity contribution in [3.05, 3.63) is 60.1 Å². The fourth-order valence-corrected chi connectivity index (χ4v) is 2.69. The van der Waals surface area contributed by atoms with Crippen LogP contribution in [-0.4, -0.2) is 64.9 Å². The van der Waals surface area contributed by atoms with Crippen molar-refractivity contribution in [1.29, 1.82) is 0 Å². The van der Waals surface area contributed by atoms with Crippen molar-refractivity contribution in [2.24, 2.45) is 0 Å². The first kappa shape index (κ1) is 17.6. The molecule has 0 aromatic carbocycles. The van der Waals surface area contributed by atoms with Gasteiger partial charge < -0.3 is 14.5 Å². The molecule has 2 aromatic heterocycles. The van der Waals surface area contributed by atoms with E-state index in [-0.39, 0.29) is 11.8 Å². The Hall–Kier alpha value is -3.22. The number of pyridine rings is 2. The molecule has 134 valence electrons. The predicted octanol–water partition coefficient (Wildman–Crippen LogP) is 1.48. The van der Waals surface area contributed by atoms with Gasteiger partial charge >= 0.3 is 0 Å². The lowest BCUT2D eigenvalue weighted by molar-refractivity contribution is -0.127. The fraction of sp³-hybridized carbons (Fsp3) is 0.263. The van der Waals surface area contributed by atoms with E-state index in [4.69, 9.17) is 4.74 Å². The lowest BCUT2D eigenvalue weighted by atomic mass is 10.2. The minimum Gasteiger partial charge on any atom is -0.481 e. The first-order valence-corrected chi connectivity index (χ1v) is 8.34. The van der Waals surface area contributed by atoms with E-state index >= 15 is 0 Å². The third-order valence-corrected chi connectivity index (χ3v) is 4.20. The van der Waals surface area contributed by atoms with E-state index < -0.39 is 0 Å². The number of hydrogen-bond donors (Lipinski definition) is 0. The molecule has 2 aromatic rings. The second kappa shape index (κ2) is 8.24. The molecule has 1 aliphatic rings. The van der Waals surface area contributed by atoms with Crippen molar-refractivity contribution < 1.29 is 14.3 Å². The van der Waals surface area contributed by atoms with Crippen LogP contribution in [0.4, 0.5) is 0 Å². The molecule has 0 aliphatic carbocycles. The van der Waals surface area contributed by atoms with Crippen molar-refractivity contribution >= 4 is 17.9 Å². The Morgan fingerprint density at radius 2 is 1.73 bits per heavy atom. The number of amides is 2. The van der Waals surface area contributed by atoms with E-state index in [2.05, 4.69) is 9.97 Å². The zero-order valence-corrected chi connectivity index (χ0v) is 14.5. The second-order valence-electron chi connectivity index (χ2n) is 5.82. The molecule has 0 saturated carbocycles. The molecule has 1 saturated heterocycles. The topological polar surface area (TPSA) is 75.6 Å². The van der Waals surface area contributed by atoms with E-state index in [9.17, 15) is 9.59 Å². The van der Waals surface area contributed by atoms with Gasteiger partial charge in [0.25, 0.3) is 5.91 Å². The quantitative estimate of drug-likeness (QED) is 0.779. The maximum absolute atomic E-state index is 12.5. The Morgan fingerprint density at radius 1 is 1.04 bits per heavy atom. The van der Waals surface area contributed by atoms with Crippen LogP contribution in [0.5, 0.6) is 5.88 Å². The largest absolute Gasteiger partial charge is 0.481 e. The highest BCUT2D eigenvalue weighted by atomic mass is 16.5. The Morgan fingerprint density at radius 3 is 2.35 bits per heavy atom. The SMILES string of the molecule is COc1ccc(C(=O)N2CCN(C(=O)/C=C/c3ccncc3)CC2)cn1. The van der Waals surface area contributed by atoms with E-state index in [0.717, 1.165) is 5.56 Å². The normalized spacial score (nSPS) is 14.5. The Bertz CT molecular complexity index is 782. The molecule has 1 aliphatic heterocycles. The van der Waals surface area contributed by atoms with Gasteiger partial charge in [-0.3, -0.25) is 14.6 Å². The average Bonchev–Trinajstić information content (AvgIpc) is 2.72. The number of hydrogen-bond acceptors (Lipinski definition) is 5. The van der Waals surface area contributed by atoms with Gasteiger partial charge in [0, 0.05) is 56.9 Å². The number of methoxy groups -OCH3 is 1. The molecule has 0 radical (unpaired) electrons. The van der Waals surface area contributed by atoms with Crippen molar-refractivity contribution in [3.63, 3.8) is 0 Å². The molecule has 3 heterocycles. The summed E-state index contributed by atoms with van der Waals surface area (Å²) in [6.45, 7) is 2.02. The molecular weight excluding hydrogens is 332 g/mol. The van der Waals surface area contributed by atoms with Crippen LogP contribution in [0.3, 0.4) is 0 Å². The highest BCUT2D eigenvalue weighted by Gasteiger charge is 2.24. The van der Waals surface area contributed by atoms with Gasteiger partial charge in [0.2, 0.25) is 11.8 Å². The van der Waals surface area contributed by atoms with Crippen LogP contribution in [-0.2, 0) is 4.79 Å². The van der Waals surface area contributed by atoms with Crippen LogP contribution in [0.15, 0.2) is 48.9 Å². The van der Waals surface area contributed by atoms with Gasteiger partial charge in [0.15, 0.2) is 0 Å². The highest BCUT2D eigenvalue weighted by Crippen LogP contribution is 2.12. The predicted molar refractivity (Wildman–Crippen MR) is 96.5 cm³/mol. The molecular formula is C19H20N4O3. The number of rotatable bonds is 4. The minimum atomic E-state index is -0.0837. The van der Waals surface area contributed by atoms with Crippen LogP contribution < -0.4 is 4.74 Å². The van der Waals surface area contributed by atoms with Crippen molar-refractivity contribution in [2.75, 3.05) is 33.3 Å². The summed E-state index contributed by atoms with van der Waals surface area (Å²) in [6.07, 6.45) is 8.20. The molecule has 0 N–H and O–H groups in total. The first-order valence-electron chi connectivity index (χ1n) is 8.34. The Balaban J connectivity index is 1.54. The monoisotopic (exact) mass is 352 g/mol. The number of ether oxygens (including phenoxy) is 1. The summed E-state index contributed by atoms with van der Waals surface area (Å²) < 4.78 is 5.00. The molecule has 0 unspecified atom stereocenters. The summed E-state index contributed by atoms with van der Waals surface area (Å²) >= 11 is 0. The van der Waals surface area contributed by atoms with Gasteiger partial charge in [-0.15, -0.1) is 0 Å². The summed E-state index contributed by atoms with van der Waals surface area (Å²) in [6, 6.07) is 7.03. The maximum Gasteiger partial charge on any atom is 0.255 e. The summed E-state index contributed by atoms with van der Waals surface area (Å²) in [4.78, 5) is 36.3. The number of piperazine rings is 1. The summed E-state index contributed by atoms with van der Waals surface area (Å²) in [5, 5.41) is 0. The van der Waals surface area contributed by atoms with Crippen LogP contribution in [0.1, 0.15) is 15.9 Å². The lowest BCUT2D eigenvalue weighted by Crippen LogP contribution is -2.50. The van der Waals surface area contributed by atoms with Gasteiger partial charge in [-0.25, -0.2) is 4.98 Å². The highest BCUT2D eigenvalue weighted by molar-refractivity contribution is 5.95. The minimum absolute atomic E-state index is 0.0555. The van der Waals surface area contributed by atoms with E-state index in [1.54, 1.807) is 46.5 Å². The van der Waals surface area contributed by atoms with Crippen molar-refractivity contribution in [3.8, 4) is 5.88 Å². The third-order valence-electron chi connectivity index (χ3n) is 4.20. The molecule has 26 heavy (non-hydrogen) atoms. The standard InChI is InChI=1S/C19H20N4O3/c1-26-17-4-3-16(14-21-17)19(25)23-12-10-22(11-13-23)18(24)5-2-15-6-8-20-9-7-15/h2-9,14H,10-13H2,1H3/b5-2+. The molecule has 1 fully saturated rings. The third kappa shape index (κ3) is 4.24. The molecule has 0 spiro atoms. The molecule has 0 bridgehead atoms. The Labute approximate surface area is 151 Å². The van der Waals surface area contributed by atoms with Crippen LogP contribution in [0.25, 0.3) is 6.08 Å². The molecule has 0 atom stereocenters. The summed E-state index contributed by atoms with van der Waals surface area (Å²) in [5.74, 6) is 0.331. The van der Waals surface area contributed by atoms with Crippen molar-refractivity contribution in [1.82, 2.24) is 19.8 Å². The van der Waals surface area contributed by atoms with Crippen LogP contribution >= 0.6 is 0 Å². The van der Waals surface area contributed by atoms with Crippen LogP contribution in [0, 0.1) is 0 Å². The summed E-state index contributed by atoms with van der Waals surface area (Å²) in [5.41, 5.74) is 1.44. The second-order valence-corrected chi connectivity index (χ2v) is 5.82. The first-order chi connectivity index (χ1) is 12.7. The van der Waals surface area contributed by atoms with E-state index in [0.29, 0.717) is 37.6 Å². The number of carbonyl (C=O) groups excluding carboxylic acids is 2. The average molecular weight is 352 g/mol. The van der Waals surface area contributed by atoms with Gasteiger partial charge in [-0.1, -0.05) is 0 Å². The smallest absolute Gasteiger partial charge is 0.255 e. The summed E-state index contributed by atoms with van der Waals surface area (Å²) in [7, 11) is 1.53. The molecule has 7 nitrogen and oxygen atoms in total. The van der Waals surface area contributed by atoms with Gasteiger partial charge in [-0.2, -0.15) is 0 Å². The molecule has 3 rings (SSSR count). The van der Waals surface area contributed by atoms with Crippen molar-refractivity contribution in [2.45, 2.75) is 0 Å². The van der Waals surface area contributed by atoms with Gasteiger partial charge in [0.1, 0.15) is 0 Å². The van der Waals surface area contributed by atoms with E-state index in [1.165, 1.54) is 13.3 Å². The Kier molecular flexibility index (Phi) is 5.58. The maximum atomic E-state index is 12.5. The van der Waals surface area contributed by atoms with Crippen LogP contribution in [0.2, 0.25) is 0 Å².